The summed E-state index contributed by atoms with van der Waals surface area (Å²) >= 11 is 0. The van der Waals surface area contributed by atoms with Crippen LogP contribution >= 0.6 is 0 Å². The number of benzene rings is 2. The lowest BCUT2D eigenvalue weighted by molar-refractivity contribution is 0.0697. The lowest BCUT2D eigenvalue weighted by atomic mass is 10.0. The summed E-state index contributed by atoms with van der Waals surface area (Å²) in [5.41, 5.74) is 7.01. The van der Waals surface area contributed by atoms with Crippen LogP contribution in [0.15, 0.2) is 47.6 Å². The fraction of sp³-hybridized carbons (Fsp3) is 0.176. The van der Waals surface area contributed by atoms with E-state index in [1.54, 1.807) is 24.3 Å². The number of nitrogens with zero attached hydrogens (tertiary/aromatic N) is 1. The maximum atomic E-state index is 10.8. The SMILES string of the molecule is Cc1cccc2c1OCCC2=NNc1ccc(C(=O)O)cc1. The van der Waals surface area contributed by atoms with Crippen molar-refractivity contribution in [2.45, 2.75) is 13.3 Å². The van der Waals surface area contributed by atoms with E-state index < -0.39 is 5.97 Å². The summed E-state index contributed by atoms with van der Waals surface area (Å²) in [6.45, 7) is 2.62. The molecule has 3 rings (SSSR count). The van der Waals surface area contributed by atoms with Gasteiger partial charge in [-0.15, -0.1) is 0 Å². The average Bonchev–Trinajstić information content (AvgIpc) is 2.54. The van der Waals surface area contributed by atoms with Gasteiger partial charge in [-0.1, -0.05) is 12.1 Å². The van der Waals surface area contributed by atoms with E-state index in [1.807, 2.05) is 25.1 Å². The van der Waals surface area contributed by atoms with Crippen molar-refractivity contribution in [2.24, 2.45) is 5.10 Å². The zero-order chi connectivity index (χ0) is 15.5. The molecule has 1 aliphatic rings. The van der Waals surface area contributed by atoms with Gasteiger partial charge in [-0.05, 0) is 42.8 Å². The highest BCUT2D eigenvalue weighted by atomic mass is 16.5. The Labute approximate surface area is 128 Å². The summed E-state index contributed by atoms with van der Waals surface area (Å²) in [7, 11) is 0. The molecular formula is C17H16N2O3. The van der Waals surface area contributed by atoms with Gasteiger partial charge in [-0.3, -0.25) is 5.43 Å². The molecule has 5 heteroatoms. The molecule has 0 radical (unpaired) electrons. The maximum absolute atomic E-state index is 10.8. The van der Waals surface area contributed by atoms with Crippen LogP contribution < -0.4 is 10.2 Å². The molecule has 22 heavy (non-hydrogen) atoms. The van der Waals surface area contributed by atoms with Crippen molar-refractivity contribution >= 4 is 17.4 Å². The first kappa shape index (κ1) is 14.1. The number of carbonyl (C=O) groups is 1. The van der Waals surface area contributed by atoms with Gasteiger partial charge in [-0.25, -0.2) is 4.79 Å². The minimum atomic E-state index is -0.938. The predicted molar refractivity (Wildman–Crippen MR) is 84.9 cm³/mol. The molecule has 0 unspecified atom stereocenters. The van der Waals surface area contributed by atoms with Crippen LogP contribution in [0.5, 0.6) is 5.75 Å². The van der Waals surface area contributed by atoms with E-state index in [1.165, 1.54) is 0 Å². The van der Waals surface area contributed by atoms with Gasteiger partial charge in [0.15, 0.2) is 0 Å². The summed E-state index contributed by atoms with van der Waals surface area (Å²) in [5, 5.41) is 13.3. The van der Waals surface area contributed by atoms with Gasteiger partial charge in [0.25, 0.3) is 0 Å². The van der Waals surface area contributed by atoms with Crippen molar-refractivity contribution in [3.8, 4) is 5.75 Å². The number of hydrogen-bond donors (Lipinski definition) is 2. The lowest BCUT2D eigenvalue weighted by Gasteiger charge is -2.20. The van der Waals surface area contributed by atoms with Crippen molar-refractivity contribution in [1.82, 2.24) is 0 Å². The Bertz CT molecular complexity index is 736. The molecule has 0 fully saturated rings. The van der Waals surface area contributed by atoms with Crippen LogP contribution in [-0.2, 0) is 0 Å². The molecule has 2 aromatic rings. The number of carboxylic acids is 1. The van der Waals surface area contributed by atoms with Gasteiger partial charge in [-0.2, -0.15) is 5.10 Å². The monoisotopic (exact) mass is 296 g/mol. The van der Waals surface area contributed by atoms with Crippen LogP contribution in [0.4, 0.5) is 5.69 Å². The molecule has 112 valence electrons. The Morgan fingerprint density at radius 2 is 2.00 bits per heavy atom. The van der Waals surface area contributed by atoms with Gasteiger partial charge in [0.2, 0.25) is 0 Å². The van der Waals surface area contributed by atoms with Crippen LogP contribution in [0.2, 0.25) is 0 Å². The molecule has 0 saturated heterocycles. The molecule has 1 heterocycles. The normalized spacial score (nSPS) is 15.0. The highest BCUT2D eigenvalue weighted by Gasteiger charge is 2.18. The summed E-state index contributed by atoms with van der Waals surface area (Å²) in [6.07, 6.45) is 0.733. The summed E-state index contributed by atoms with van der Waals surface area (Å²) in [4.78, 5) is 10.8. The molecule has 2 aromatic carbocycles. The van der Waals surface area contributed by atoms with E-state index in [9.17, 15) is 4.79 Å². The standard InChI is InChI=1S/C17H16N2O3/c1-11-3-2-4-14-15(9-10-22-16(11)14)19-18-13-7-5-12(6-8-13)17(20)21/h2-8,18H,9-10H2,1H3,(H,20,21). The highest BCUT2D eigenvalue weighted by molar-refractivity contribution is 6.04. The van der Waals surface area contributed by atoms with Crippen molar-refractivity contribution in [1.29, 1.82) is 0 Å². The highest BCUT2D eigenvalue weighted by Crippen LogP contribution is 2.28. The quantitative estimate of drug-likeness (QED) is 0.853. The van der Waals surface area contributed by atoms with E-state index >= 15 is 0 Å². The Kier molecular flexibility index (Phi) is 3.78. The molecule has 1 aliphatic heterocycles. The second-order valence-electron chi connectivity index (χ2n) is 5.10. The summed E-state index contributed by atoms with van der Waals surface area (Å²) < 4.78 is 5.70. The molecule has 0 amide bonds. The second kappa shape index (κ2) is 5.89. The topological polar surface area (TPSA) is 70.9 Å². The van der Waals surface area contributed by atoms with Crippen molar-refractivity contribution < 1.29 is 14.6 Å². The number of nitrogens with one attached hydrogen (secondary N) is 1. The number of ether oxygens (including phenoxy) is 1. The zero-order valence-corrected chi connectivity index (χ0v) is 12.2. The minimum absolute atomic E-state index is 0.255. The fourth-order valence-electron chi connectivity index (χ4n) is 2.39. The van der Waals surface area contributed by atoms with E-state index in [0.29, 0.717) is 6.61 Å². The predicted octanol–water partition coefficient (Wildman–Crippen LogP) is 3.29. The van der Waals surface area contributed by atoms with Crippen molar-refractivity contribution in [3.63, 3.8) is 0 Å². The molecule has 0 spiro atoms. The summed E-state index contributed by atoms with van der Waals surface area (Å²) in [6, 6.07) is 12.5. The van der Waals surface area contributed by atoms with Gasteiger partial charge in [0, 0.05) is 12.0 Å². The number of hydrazone groups is 1. The zero-order valence-electron chi connectivity index (χ0n) is 12.2. The first-order valence-electron chi connectivity index (χ1n) is 7.04. The van der Waals surface area contributed by atoms with Crippen molar-refractivity contribution in [2.75, 3.05) is 12.0 Å². The number of para-hydroxylation sites is 1. The molecular weight excluding hydrogens is 280 g/mol. The number of hydrogen-bond acceptors (Lipinski definition) is 4. The Morgan fingerprint density at radius 3 is 2.73 bits per heavy atom. The smallest absolute Gasteiger partial charge is 0.335 e. The van der Waals surface area contributed by atoms with Crippen LogP contribution in [0.25, 0.3) is 0 Å². The number of carboxylic acid groups (broad SMARTS) is 1. The Balaban J connectivity index is 1.82. The van der Waals surface area contributed by atoms with Crippen LogP contribution in [-0.4, -0.2) is 23.4 Å². The molecule has 0 bridgehead atoms. The third-order valence-electron chi connectivity index (χ3n) is 3.56. The molecule has 2 N–H and O–H groups in total. The van der Waals surface area contributed by atoms with Gasteiger partial charge >= 0.3 is 5.97 Å². The molecule has 0 aromatic heterocycles. The first-order valence-corrected chi connectivity index (χ1v) is 7.04. The van der Waals surface area contributed by atoms with Crippen LogP contribution in [0.3, 0.4) is 0 Å². The van der Waals surface area contributed by atoms with E-state index in [2.05, 4.69) is 10.5 Å². The van der Waals surface area contributed by atoms with E-state index in [0.717, 1.165) is 34.7 Å². The fourth-order valence-corrected chi connectivity index (χ4v) is 2.39. The van der Waals surface area contributed by atoms with Gasteiger partial charge in [0.1, 0.15) is 5.75 Å². The number of aryl methyl sites for hydroxylation is 1. The molecule has 0 atom stereocenters. The molecule has 0 saturated carbocycles. The lowest BCUT2D eigenvalue weighted by Crippen LogP contribution is -2.18. The number of rotatable bonds is 3. The number of anilines is 1. The Morgan fingerprint density at radius 1 is 1.23 bits per heavy atom. The van der Waals surface area contributed by atoms with E-state index in [4.69, 9.17) is 9.84 Å². The second-order valence-corrected chi connectivity index (χ2v) is 5.10. The summed E-state index contributed by atoms with van der Waals surface area (Å²) in [5.74, 6) is -0.0535. The third kappa shape index (κ3) is 2.79. The van der Waals surface area contributed by atoms with Crippen LogP contribution in [0, 0.1) is 6.92 Å². The Hall–Kier alpha value is -2.82. The number of fused-ring (bicyclic) bond motifs is 1. The largest absolute Gasteiger partial charge is 0.492 e. The van der Waals surface area contributed by atoms with Crippen LogP contribution in [0.1, 0.15) is 27.9 Å². The molecule has 0 aliphatic carbocycles. The number of aromatic carboxylic acids is 1. The third-order valence-corrected chi connectivity index (χ3v) is 3.56. The molecule has 5 nitrogen and oxygen atoms in total. The minimum Gasteiger partial charge on any atom is -0.492 e. The average molecular weight is 296 g/mol. The van der Waals surface area contributed by atoms with Gasteiger partial charge < -0.3 is 9.84 Å². The maximum Gasteiger partial charge on any atom is 0.335 e. The van der Waals surface area contributed by atoms with E-state index in [-0.39, 0.29) is 5.56 Å². The first-order chi connectivity index (χ1) is 10.6. The van der Waals surface area contributed by atoms with Crippen molar-refractivity contribution in [3.05, 3.63) is 59.2 Å². The van der Waals surface area contributed by atoms with Gasteiger partial charge in [0.05, 0.1) is 23.6 Å².